The second-order valence-corrected chi connectivity index (χ2v) is 8.61. The maximum atomic E-state index is 12.6. The van der Waals surface area contributed by atoms with Gasteiger partial charge in [-0.05, 0) is 48.8 Å². The summed E-state index contributed by atoms with van der Waals surface area (Å²) in [6.45, 7) is 4.07. The SMILES string of the molecule is CCc1cccc2c(C(=O)COC(=O)c3cc4c(s3)CC[C@H](CC)C4)c[nH]c12. The van der Waals surface area contributed by atoms with Crippen LogP contribution < -0.4 is 0 Å². The lowest BCUT2D eigenvalue weighted by Crippen LogP contribution is -2.13. The average molecular weight is 396 g/mol. The summed E-state index contributed by atoms with van der Waals surface area (Å²) in [6, 6.07) is 7.90. The number of hydrogen-bond donors (Lipinski definition) is 1. The fraction of sp³-hybridized carbons (Fsp3) is 0.391. The molecule has 0 bridgehead atoms. The Hall–Kier alpha value is -2.40. The van der Waals surface area contributed by atoms with Gasteiger partial charge >= 0.3 is 5.97 Å². The fourth-order valence-corrected chi connectivity index (χ4v) is 5.17. The summed E-state index contributed by atoms with van der Waals surface area (Å²) in [6.07, 6.45) is 7.06. The van der Waals surface area contributed by atoms with Gasteiger partial charge in [-0.15, -0.1) is 11.3 Å². The summed E-state index contributed by atoms with van der Waals surface area (Å²) < 4.78 is 5.36. The Balaban J connectivity index is 1.44. The van der Waals surface area contributed by atoms with E-state index in [1.807, 2.05) is 18.2 Å². The van der Waals surface area contributed by atoms with Gasteiger partial charge in [0, 0.05) is 27.5 Å². The van der Waals surface area contributed by atoms with Gasteiger partial charge in [0.15, 0.2) is 6.61 Å². The minimum Gasteiger partial charge on any atom is -0.453 e. The first-order valence-electron chi connectivity index (χ1n) is 10.0. The first kappa shape index (κ1) is 18.9. The Labute approximate surface area is 168 Å². The zero-order chi connectivity index (χ0) is 19.7. The van der Waals surface area contributed by atoms with Crippen molar-refractivity contribution in [2.24, 2.45) is 5.92 Å². The molecule has 2 aromatic heterocycles. The standard InChI is InChI=1S/C23H25NO3S/c1-3-14-8-9-20-16(10-14)11-21(28-20)23(26)27-13-19(25)18-12-24-22-15(4-2)6-5-7-17(18)22/h5-7,11-12,14,24H,3-4,8-10,13H2,1-2H3/t14-/m0/s1. The van der Waals surface area contributed by atoms with E-state index in [4.69, 9.17) is 4.74 Å². The van der Waals surface area contributed by atoms with Crippen LogP contribution in [0.2, 0.25) is 0 Å². The van der Waals surface area contributed by atoms with Gasteiger partial charge in [-0.1, -0.05) is 38.5 Å². The Morgan fingerprint density at radius 3 is 2.93 bits per heavy atom. The van der Waals surface area contributed by atoms with Crippen LogP contribution in [-0.4, -0.2) is 23.3 Å². The molecular weight excluding hydrogens is 370 g/mol. The molecule has 1 aliphatic carbocycles. The van der Waals surface area contributed by atoms with E-state index in [9.17, 15) is 9.59 Å². The summed E-state index contributed by atoms with van der Waals surface area (Å²) in [4.78, 5) is 30.2. The van der Waals surface area contributed by atoms with Gasteiger partial charge in [0.05, 0.1) is 0 Å². The van der Waals surface area contributed by atoms with Crippen LogP contribution in [0.1, 0.15) is 62.7 Å². The number of aromatic nitrogens is 1. The number of carbonyl (C=O) groups is 2. The van der Waals surface area contributed by atoms with Crippen molar-refractivity contribution in [2.45, 2.75) is 46.0 Å². The van der Waals surface area contributed by atoms with Crippen molar-refractivity contribution in [2.75, 3.05) is 6.61 Å². The largest absolute Gasteiger partial charge is 0.453 e. The predicted octanol–water partition coefficient (Wildman–Crippen LogP) is 5.35. The van der Waals surface area contributed by atoms with E-state index in [0.29, 0.717) is 16.4 Å². The summed E-state index contributed by atoms with van der Waals surface area (Å²) >= 11 is 1.52. The number of ether oxygens (including phenoxy) is 1. The van der Waals surface area contributed by atoms with E-state index in [2.05, 4.69) is 24.9 Å². The lowest BCUT2D eigenvalue weighted by Gasteiger charge is -2.19. The van der Waals surface area contributed by atoms with Gasteiger partial charge in [0.25, 0.3) is 0 Å². The minimum absolute atomic E-state index is 0.180. The van der Waals surface area contributed by atoms with Crippen molar-refractivity contribution in [1.29, 1.82) is 0 Å². The molecule has 3 aromatic rings. The van der Waals surface area contributed by atoms with Crippen molar-refractivity contribution in [1.82, 2.24) is 4.98 Å². The monoisotopic (exact) mass is 395 g/mol. The van der Waals surface area contributed by atoms with Crippen molar-refractivity contribution in [3.8, 4) is 0 Å². The molecule has 0 fully saturated rings. The maximum absolute atomic E-state index is 12.6. The van der Waals surface area contributed by atoms with Crippen LogP contribution in [0.5, 0.6) is 0 Å². The lowest BCUT2D eigenvalue weighted by atomic mass is 9.87. The molecule has 2 heterocycles. The molecule has 0 aliphatic heterocycles. The molecule has 28 heavy (non-hydrogen) atoms. The molecule has 0 saturated carbocycles. The number of nitrogens with one attached hydrogen (secondary N) is 1. The third kappa shape index (κ3) is 3.51. The van der Waals surface area contributed by atoms with Crippen LogP contribution in [0, 0.1) is 5.92 Å². The van der Waals surface area contributed by atoms with Gasteiger partial charge in [-0.25, -0.2) is 4.79 Å². The average Bonchev–Trinajstić information content (AvgIpc) is 3.35. The quantitative estimate of drug-likeness (QED) is 0.452. The van der Waals surface area contributed by atoms with Crippen LogP contribution in [0.15, 0.2) is 30.5 Å². The van der Waals surface area contributed by atoms with Crippen LogP contribution in [0.4, 0.5) is 0 Å². The number of Topliss-reactive ketones (excluding diaryl/α,β-unsaturated/α-hetero) is 1. The molecule has 4 rings (SSSR count). The molecule has 0 saturated heterocycles. The predicted molar refractivity (Wildman–Crippen MR) is 112 cm³/mol. The normalized spacial score (nSPS) is 16.1. The Morgan fingerprint density at radius 2 is 2.14 bits per heavy atom. The van der Waals surface area contributed by atoms with Gasteiger partial charge in [-0.3, -0.25) is 4.79 Å². The van der Waals surface area contributed by atoms with E-state index in [-0.39, 0.29) is 12.4 Å². The molecule has 0 unspecified atom stereocenters. The second-order valence-electron chi connectivity index (χ2n) is 7.47. The molecular formula is C23H25NO3S. The molecule has 1 N–H and O–H groups in total. The number of carbonyl (C=O) groups excluding carboxylic acids is 2. The van der Waals surface area contributed by atoms with E-state index < -0.39 is 5.97 Å². The number of fused-ring (bicyclic) bond motifs is 2. The van der Waals surface area contributed by atoms with Gasteiger partial charge in [0.1, 0.15) is 4.88 Å². The molecule has 146 valence electrons. The topological polar surface area (TPSA) is 59.2 Å². The summed E-state index contributed by atoms with van der Waals surface area (Å²) in [5, 5.41) is 0.887. The molecule has 1 aliphatic rings. The molecule has 1 aromatic carbocycles. The van der Waals surface area contributed by atoms with Crippen molar-refractivity contribution < 1.29 is 14.3 Å². The zero-order valence-corrected chi connectivity index (χ0v) is 17.2. The smallest absolute Gasteiger partial charge is 0.348 e. The van der Waals surface area contributed by atoms with Gasteiger partial charge < -0.3 is 9.72 Å². The molecule has 0 amide bonds. The Kier molecular flexibility index (Phi) is 5.36. The van der Waals surface area contributed by atoms with Crippen LogP contribution in [-0.2, 0) is 24.0 Å². The highest BCUT2D eigenvalue weighted by Crippen LogP contribution is 2.34. The summed E-state index contributed by atoms with van der Waals surface area (Å²) in [5.41, 5.74) is 4.01. The number of esters is 1. The number of hydrogen-bond acceptors (Lipinski definition) is 4. The number of aryl methyl sites for hydroxylation is 2. The van der Waals surface area contributed by atoms with E-state index >= 15 is 0 Å². The number of para-hydroxylation sites is 1. The summed E-state index contributed by atoms with van der Waals surface area (Å²) in [5.74, 6) is 0.137. The third-order valence-electron chi connectivity index (χ3n) is 5.78. The van der Waals surface area contributed by atoms with Crippen molar-refractivity contribution in [3.05, 3.63) is 56.9 Å². The molecule has 0 spiro atoms. The first-order chi connectivity index (χ1) is 13.6. The Morgan fingerprint density at radius 1 is 1.29 bits per heavy atom. The molecule has 1 atom stereocenters. The van der Waals surface area contributed by atoms with Crippen LogP contribution >= 0.6 is 11.3 Å². The van der Waals surface area contributed by atoms with Crippen molar-refractivity contribution in [3.63, 3.8) is 0 Å². The highest BCUT2D eigenvalue weighted by atomic mass is 32.1. The van der Waals surface area contributed by atoms with Crippen LogP contribution in [0.3, 0.4) is 0 Å². The minimum atomic E-state index is -0.394. The maximum Gasteiger partial charge on any atom is 0.348 e. The number of rotatable bonds is 6. The Bertz CT molecular complexity index is 1030. The number of ketones is 1. The second kappa shape index (κ2) is 7.92. The fourth-order valence-electron chi connectivity index (χ4n) is 4.07. The van der Waals surface area contributed by atoms with Crippen LogP contribution in [0.25, 0.3) is 10.9 Å². The number of H-pyrrole nitrogens is 1. The highest BCUT2D eigenvalue weighted by Gasteiger charge is 2.23. The molecule has 5 heteroatoms. The van der Waals surface area contributed by atoms with Crippen molar-refractivity contribution >= 4 is 34.0 Å². The number of aromatic amines is 1. The first-order valence-corrected chi connectivity index (χ1v) is 10.8. The zero-order valence-electron chi connectivity index (χ0n) is 16.3. The third-order valence-corrected chi connectivity index (χ3v) is 7.00. The van der Waals surface area contributed by atoms with Gasteiger partial charge in [-0.2, -0.15) is 0 Å². The number of thiophene rings is 1. The highest BCUT2D eigenvalue weighted by molar-refractivity contribution is 7.14. The van der Waals surface area contributed by atoms with E-state index in [0.717, 1.165) is 30.2 Å². The molecule has 0 radical (unpaired) electrons. The number of benzene rings is 1. The van der Waals surface area contributed by atoms with E-state index in [1.54, 1.807) is 6.20 Å². The van der Waals surface area contributed by atoms with Gasteiger partial charge in [0.2, 0.25) is 5.78 Å². The molecule has 4 nitrogen and oxygen atoms in total. The lowest BCUT2D eigenvalue weighted by molar-refractivity contribution is 0.0480. The van der Waals surface area contributed by atoms with E-state index in [1.165, 1.54) is 40.2 Å². The summed E-state index contributed by atoms with van der Waals surface area (Å²) in [7, 11) is 0.